The van der Waals surface area contributed by atoms with Crippen LogP contribution in [0.4, 0.5) is 0 Å². The smallest absolute Gasteiger partial charge is 0.211 e. The van der Waals surface area contributed by atoms with Crippen LogP contribution in [0.5, 0.6) is 11.5 Å². The Morgan fingerprint density at radius 1 is 1.00 bits per heavy atom. The molecule has 0 saturated heterocycles. The molecule has 0 heterocycles. The van der Waals surface area contributed by atoms with Gasteiger partial charge in [-0.05, 0) is 81.0 Å². The Hall–Kier alpha value is -3.50. The summed E-state index contributed by atoms with van der Waals surface area (Å²) in [4.78, 5) is 14.1. The summed E-state index contributed by atoms with van der Waals surface area (Å²) < 4.78 is 39.0. The maximum atomic E-state index is 14.1. The summed E-state index contributed by atoms with van der Waals surface area (Å²) in [6.45, 7) is 4.03. The van der Waals surface area contributed by atoms with Crippen LogP contribution >= 0.6 is 0 Å². The monoisotopic (exact) mass is 675 g/mol. The van der Waals surface area contributed by atoms with Crippen LogP contribution in [0.25, 0.3) is 0 Å². The molecule has 0 radical (unpaired) electrons. The predicted molar refractivity (Wildman–Crippen MR) is 188 cm³/mol. The van der Waals surface area contributed by atoms with Gasteiger partial charge in [0.1, 0.15) is 11.5 Å². The average molecular weight is 676 g/mol. The summed E-state index contributed by atoms with van der Waals surface area (Å²) in [7, 11) is -0.677. The van der Waals surface area contributed by atoms with Crippen molar-refractivity contribution in [2.24, 2.45) is 5.41 Å². The number of hydrogen-bond acceptors (Lipinski definition) is 7. The van der Waals surface area contributed by atoms with Crippen molar-refractivity contribution in [3.8, 4) is 11.5 Å². The van der Waals surface area contributed by atoms with E-state index in [2.05, 4.69) is 19.9 Å². The molecule has 0 aliphatic heterocycles. The second-order valence-corrected chi connectivity index (χ2v) is 15.8. The van der Waals surface area contributed by atoms with Gasteiger partial charge in [0, 0.05) is 41.3 Å². The second kappa shape index (κ2) is 14.5. The summed E-state index contributed by atoms with van der Waals surface area (Å²) in [5, 5.41) is 23.7. The van der Waals surface area contributed by atoms with Crippen LogP contribution < -0.4 is 9.47 Å². The minimum Gasteiger partial charge on any atom is -0.497 e. The molecule has 6 rings (SSSR count). The molecule has 48 heavy (non-hydrogen) atoms. The van der Waals surface area contributed by atoms with Gasteiger partial charge >= 0.3 is 0 Å². The highest BCUT2D eigenvalue weighted by Gasteiger charge is 2.58. The normalized spacial score (nSPS) is 24.9. The third kappa shape index (κ3) is 7.54. The van der Waals surface area contributed by atoms with E-state index in [9.17, 15) is 23.4 Å². The SMILES string of the molecule is COc1ccc(CN(C[C@]2(O)CC[C@H]3c4ccc(cc4C(=O)c4ccccc4)C[C@@H](O)CCC(C)=CCC[C@@]32C)S(C)(=O)=O)c(OC)c1. The molecule has 1 saturated carbocycles. The Morgan fingerprint density at radius 3 is 2.44 bits per heavy atom. The Kier molecular flexibility index (Phi) is 10.8. The van der Waals surface area contributed by atoms with Gasteiger partial charge < -0.3 is 19.7 Å². The van der Waals surface area contributed by atoms with Crippen LogP contribution in [-0.2, 0) is 23.0 Å². The summed E-state index contributed by atoms with van der Waals surface area (Å²) in [6, 6.07) is 20.4. The number of ketones is 1. The van der Waals surface area contributed by atoms with E-state index in [1.165, 1.54) is 23.2 Å². The van der Waals surface area contributed by atoms with Gasteiger partial charge in [0.15, 0.2) is 5.78 Å². The summed E-state index contributed by atoms with van der Waals surface area (Å²) in [6.07, 6.45) is 6.79. The fourth-order valence-corrected chi connectivity index (χ4v) is 8.52. The number of nitrogens with zero attached hydrogens (tertiary/aromatic N) is 1. The quantitative estimate of drug-likeness (QED) is 0.198. The van der Waals surface area contributed by atoms with Crippen molar-refractivity contribution >= 4 is 15.8 Å². The highest BCUT2D eigenvalue weighted by atomic mass is 32.2. The molecule has 2 bridgehead atoms. The Morgan fingerprint density at radius 2 is 1.75 bits per heavy atom. The van der Waals surface area contributed by atoms with Crippen LogP contribution in [0.3, 0.4) is 0 Å². The number of hydrogen-bond donors (Lipinski definition) is 2. The van der Waals surface area contributed by atoms with E-state index in [0.717, 1.165) is 17.5 Å². The fraction of sp³-hybridized carbons (Fsp3) is 0.462. The molecule has 3 aliphatic rings. The van der Waals surface area contributed by atoms with Gasteiger partial charge in [-0.2, -0.15) is 4.31 Å². The first-order chi connectivity index (χ1) is 22.8. The van der Waals surface area contributed by atoms with Gasteiger partial charge in [-0.15, -0.1) is 0 Å². The molecule has 2 N–H and O–H groups in total. The van der Waals surface area contributed by atoms with Crippen molar-refractivity contribution in [3.05, 3.63) is 106 Å². The van der Waals surface area contributed by atoms with Crippen molar-refractivity contribution in [1.29, 1.82) is 0 Å². The molecular formula is C39H49NO7S. The number of aliphatic hydroxyl groups excluding tert-OH is 1. The number of methoxy groups -OCH3 is 2. The van der Waals surface area contributed by atoms with Crippen molar-refractivity contribution in [3.63, 3.8) is 0 Å². The highest BCUT2D eigenvalue weighted by molar-refractivity contribution is 7.88. The third-order valence-corrected chi connectivity index (χ3v) is 11.9. The molecule has 3 aliphatic carbocycles. The molecule has 1 fully saturated rings. The van der Waals surface area contributed by atoms with E-state index in [0.29, 0.717) is 66.7 Å². The lowest BCUT2D eigenvalue weighted by molar-refractivity contribution is -0.0731. The maximum absolute atomic E-state index is 14.1. The fourth-order valence-electron chi connectivity index (χ4n) is 7.70. The molecule has 0 aromatic heterocycles. The zero-order chi connectivity index (χ0) is 34.7. The molecule has 258 valence electrons. The third-order valence-electron chi connectivity index (χ3n) is 10.7. The molecule has 9 heteroatoms. The van der Waals surface area contributed by atoms with E-state index >= 15 is 0 Å². The van der Waals surface area contributed by atoms with Gasteiger partial charge in [-0.3, -0.25) is 4.79 Å². The van der Waals surface area contributed by atoms with Crippen molar-refractivity contribution < 1.29 is 32.9 Å². The maximum Gasteiger partial charge on any atom is 0.211 e. The van der Waals surface area contributed by atoms with Gasteiger partial charge in [0.2, 0.25) is 10.0 Å². The second-order valence-electron chi connectivity index (χ2n) is 13.9. The molecule has 4 atom stereocenters. The van der Waals surface area contributed by atoms with Crippen LogP contribution in [0.1, 0.15) is 90.9 Å². The number of rotatable bonds is 9. The Balaban J connectivity index is 1.60. The number of aliphatic hydroxyl groups is 2. The first-order valence-electron chi connectivity index (χ1n) is 16.7. The molecule has 3 aromatic carbocycles. The lowest BCUT2D eigenvalue weighted by Gasteiger charge is -2.45. The number of allylic oxidation sites excluding steroid dienone is 2. The minimum absolute atomic E-state index is 0.0167. The van der Waals surface area contributed by atoms with E-state index in [1.54, 1.807) is 37.4 Å². The lowest BCUT2D eigenvalue weighted by Crippen LogP contribution is -2.53. The number of benzene rings is 3. The minimum atomic E-state index is -3.77. The van der Waals surface area contributed by atoms with E-state index < -0.39 is 27.1 Å². The largest absolute Gasteiger partial charge is 0.497 e. The van der Waals surface area contributed by atoms with Crippen molar-refractivity contribution in [2.45, 2.75) is 83.0 Å². The van der Waals surface area contributed by atoms with Crippen molar-refractivity contribution in [2.75, 3.05) is 27.0 Å². The molecule has 0 amide bonds. The molecule has 3 aromatic rings. The summed E-state index contributed by atoms with van der Waals surface area (Å²) in [5.41, 5.74) is 2.52. The standard InChI is InChI=1S/C39H49NO7S/c1-27-10-9-20-38(2)35(33-18-14-28(22-31(41)16-13-27)23-34(33)37(42)29-11-7-6-8-12-29)19-21-39(38,43)26-40(48(5,44)45)25-30-15-17-32(46-3)24-36(30)47-4/h6-8,10-12,14-15,17-18,23-24,31,35,41,43H,9,13,16,19-22,25-26H2,1-5H3/t31-,35-,38-,39+/m0/s1. The topological polar surface area (TPSA) is 113 Å². The zero-order valence-corrected chi connectivity index (χ0v) is 29.6. The number of ether oxygens (including phenoxy) is 2. The first kappa shape index (κ1) is 35.8. The van der Waals surface area contributed by atoms with Crippen molar-refractivity contribution in [1.82, 2.24) is 4.31 Å². The molecule has 8 nitrogen and oxygen atoms in total. The van der Waals surface area contributed by atoms with Crippen LogP contribution in [-0.4, -0.2) is 67.4 Å². The van der Waals surface area contributed by atoms with Gasteiger partial charge in [0.05, 0.1) is 32.2 Å². The van der Waals surface area contributed by atoms with Crippen LogP contribution in [0.2, 0.25) is 0 Å². The summed E-state index contributed by atoms with van der Waals surface area (Å²) in [5.74, 6) is 0.763. The number of fused-ring (bicyclic) bond motifs is 8. The number of sulfonamides is 1. The number of carbonyl (C=O) groups is 1. The van der Waals surface area contributed by atoms with Gasteiger partial charge in [-0.1, -0.05) is 67.1 Å². The highest BCUT2D eigenvalue weighted by Crippen LogP contribution is 2.59. The molecule has 0 spiro atoms. The van der Waals surface area contributed by atoms with E-state index in [1.807, 2.05) is 36.4 Å². The van der Waals surface area contributed by atoms with Gasteiger partial charge in [0.25, 0.3) is 0 Å². The molecular weight excluding hydrogens is 626 g/mol. The average Bonchev–Trinajstić information content (AvgIpc) is 3.32. The number of carbonyl (C=O) groups excluding carboxylic acids is 1. The van der Waals surface area contributed by atoms with Crippen LogP contribution in [0.15, 0.2) is 78.4 Å². The van der Waals surface area contributed by atoms with E-state index in [4.69, 9.17) is 9.47 Å². The Labute approximate surface area is 285 Å². The first-order valence-corrected chi connectivity index (χ1v) is 18.6. The van der Waals surface area contributed by atoms with E-state index in [-0.39, 0.29) is 24.8 Å². The predicted octanol–water partition coefficient (Wildman–Crippen LogP) is 6.44. The van der Waals surface area contributed by atoms with Gasteiger partial charge in [-0.25, -0.2) is 8.42 Å². The Bertz CT molecular complexity index is 1760. The van der Waals surface area contributed by atoms with Crippen LogP contribution in [0, 0.1) is 5.41 Å². The summed E-state index contributed by atoms with van der Waals surface area (Å²) >= 11 is 0. The zero-order valence-electron chi connectivity index (χ0n) is 28.7. The lowest BCUT2D eigenvalue weighted by atomic mass is 9.64. The molecule has 0 unspecified atom stereocenters.